The molecule has 2 aromatic rings. The van der Waals surface area contributed by atoms with Crippen molar-refractivity contribution in [3.8, 4) is 0 Å². The molecule has 0 saturated heterocycles. The van der Waals surface area contributed by atoms with Crippen LogP contribution in [0.2, 0.25) is 0 Å². The van der Waals surface area contributed by atoms with Crippen molar-refractivity contribution in [3.05, 3.63) is 47.8 Å². The summed E-state index contributed by atoms with van der Waals surface area (Å²) in [7, 11) is 0. The van der Waals surface area contributed by atoms with Crippen molar-refractivity contribution in [2.24, 2.45) is 0 Å². The van der Waals surface area contributed by atoms with Crippen LogP contribution in [0, 0.1) is 0 Å². The van der Waals surface area contributed by atoms with Gasteiger partial charge in [-0.25, -0.2) is 9.97 Å². The van der Waals surface area contributed by atoms with Gasteiger partial charge in [0.1, 0.15) is 0 Å². The molecule has 0 unspecified atom stereocenters. The second-order valence-electron chi connectivity index (χ2n) is 3.48. The van der Waals surface area contributed by atoms with E-state index in [0.717, 1.165) is 22.4 Å². The summed E-state index contributed by atoms with van der Waals surface area (Å²) < 4.78 is 0. The highest BCUT2D eigenvalue weighted by Gasteiger charge is 2.02. The number of hydrogen-bond donors (Lipinski definition) is 0. The maximum atomic E-state index is 4.58. The van der Waals surface area contributed by atoms with Gasteiger partial charge in [-0.2, -0.15) is 0 Å². The lowest BCUT2D eigenvalue weighted by atomic mass is 10.2. The molecular formula is C14H14N2. The van der Waals surface area contributed by atoms with Crippen LogP contribution in [0.25, 0.3) is 23.2 Å². The molecule has 1 heterocycles. The first-order valence-corrected chi connectivity index (χ1v) is 5.37. The first kappa shape index (κ1) is 10.6. The van der Waals surface area contributed by atoms with E-state index in [4.69, 9.17) is 0 Å². The van der Waals surface area contributed by atoms with Crippen molar-refractivity contribution >= 4 is 23.2 Å². The lowest BCUT2D eigenvalue weighted by Gasteiger charge is -2.02. The van der Waals surface area contributed by atoms with Crippen LogP contribution >= 0.6 is 0 Å². The Bertz CT molecular complexity index is 503. The predicted molar refractivity (Wildman–Crippen MR) is 69.0 cm³/mol. The van der Waals surface area contributed by atoms with E-state index in [1.807, 2.05) is 62.4 Å². The number of fused-ring (bicyclic) bond motifs is 1. The number of aromatic nitrogens is 2. The fraction of sp³-hybridized carbons (Fsp3) is 0.143. The molecule has 80 valence electrons. The van der Waals surface area contributed by atoms with Crippen LogP contribution in [0.4, 0.5) is 0 Å². The molecule has 16 heavy (non-hydrogen) atoms. The zero-order chi connectivity index (χ0) is 11.4. The smallest absolute Gasteiger partial charge is 0.0894 e. The Labute approximate surface area is 95.4 Å². The van der Waals surface area contributed by atoms with Crippen molar-refractivity contribution < 1.29 is 0 Å². The molecule has 0 saturated carbocycles. The molecule has 0 radical (unpaired) electrons. The predicted octanol–water partition coefficient (Wildman–Crippen LogP) is 3.70. The van der Waals surface area contributed by atoms with E-state index in [1.54, 1.807) is 0 Å². The standard InChI is InChI=1S/C14H14N2/c1-3-7-11-12(8-4-2)16-14-10-6-5-9-13(14)15-11/h3-10H,1-2H3/b7-3-,8-4-. The summed E-state index contributed by atoms with van der Waals surface area (Å²) in [6, 6.07) is 7.92. The quantitative estimate of drug-likeness (QED) is 0.755. The number of allylic oxidation sites excluding steroid dienone is 2. The molecule has 2 heteroatoms. The molecule has 2 nitrogen and oxygen atoms in total. The summed E-state index contributed by atoms with van der Waals surface area (Å²) in [4.78, 5) is 9.17. The molecule has 1 aromatic heterocycles. The molecular weight excluding hydrogens is 196 g/mol. The Kier molecular flexibility index (Phi) is 3.10. The van der Waals surface area contributed by atoms with Gasteiger partial charge in [-0.05, 0) is 38.1 Å². The van der Waals surface area contributed by atoms with E-state index < -0.39 is 0 Å². The number of rotatable bonds is 2. The van der Waals surface area contributed by atoms with Crippen LogP contribution in [0.3, 0.4) is 0 Å². The number of benzene rings is 1. The molecule has 0 spiro atoms. The van der Waals surface area contributed by atoms with Gasteiger partial charge in [0.15, 0.2) is 0 Å². The molecule has 0 aliphatic carbocycles. The summed E-state index contributed by atoms with van der Waals surface area (Å²) in [6.45, 7) is 3.96. The van der Waals surface area contributed by atoms with Gasteiger partial charge in [0.2, 0.25) is 0 Å². The minimum atomic E-state index is 0.916. The normalized spacial score (nSPS) is 11.9. The summed E-state index contributed by atoms with van der Waals surface area (Å²) in [5.74, 6) is 0. The minimum absolute atomic E-state index is 0.916. The molecule has 2 rings (SSSR count). The van der Waals surface area contributed by atoms with Crippen molar-refractivity contribution in [1.82, 2.24) is 9.97 Å². The summed E-state index contributed by atoms with van der Waals surface area (Å²) >= 11 is 0. The van der Waals surface area contributed by atoms with Gasteiger partial charge in [0, 0.05) is 0 Å². The lowest BCUT2D eigenvalue weighted by Crippen LogP contribution is -1.93. The van der Waals surface area contributed by atoms with E-state index in [0.29, 0.717) is 0 Å². The van der Waals surface area contributed by atoms with E-state index in [1.165, 1.54) is 0 Å². The zero-order valence-corrected chi connectivity index (χ0v) is 9.51. The average Bonchev–Trinajstić information content (AvgIpc) is 2.30. The first-order chi connectivity index (χ1) is 7.85. The number of hydrogen-bond acceptors (Lipinski definition) is 2. The van der Waals surface area contributed by atoms with E-state index in [-0.39, 0.29) is 0 Å². The molecule has 0 aliphatic rings. The highest BCUT2D eigenvalue weighted by atomic mass is 14.8. The van der Waals surface area contributed by atoms with Crippen LogP contribution in [0.1, 0.15) is 25.2 Å². The second kappa shape index (κ2) is 4.71. The van der Waals surface area contributed by atoms with Crippen molar-refractivity contribution in [2.45, 2.75) is 13.8 Å². The maximum Gasteiger partial charge on any atom is 0.0894 e. The van der Waals surface area contributed by atoms with Crippen LogP contribution in [0.15, 0.2) is 36.4 Å². The van der Waals surface area contributed by atoms with Gasteiger partial charge in [0.05, 0.1) is 22.4 Å². The summed E-state index contributed by atoms with van der Waals surface area (Å²) in [5.41, 5.74) is 3.70. The monoisotopic (exact) mass is 210 g/mol. The molecule has 0 amide bonds. The zero-order valence-electron chi connectivity index (χ0n) is 9.51. The van der Waals surface area contributed by atoms with Crippen LogP contribution < -0.4 is 0 Å². The molecule has 0 fully saturated rings. The Morgan fingerprint density at radius 2 is 1.25 bits per heavy atom. The van der Waals surface area contributed by atoms with Crippen LogP contribution in [-0.2, 0) is 0 Å². The fourth-order valence-electron chi connectivity index (χ4n) is 1.59. The van der Waals surface area contributed by atoms with Crippen LogP contribution in [0.5, 0.6) is 0 Å². The van der Waals surface area contributed by atoms with Gasteiger partial charge >= 0.3 is 0 Å². The third kappa shape index (κ3) is 2.01. The van der Waals surface area contributed by atoms with Gasteiger partial charge in [-0.3, -0.25) is 0 Å². The molecule has 1 aromatic carbocycles. The molecule has 0 N–H and O–H groups in total. The Morgan fingerprint density at radius 3 is 1.62 bits per heavy atom. The summed E-state index contributed by atoms with van der Waals surface area (Å²) in [6.07, 6.45) is 7.92. The van der Waals surface area contributed by atoms with Crippen molar-refractivity contribution in [1.29, 1.82) is 0 Å². The van der Waals surface area contributed by atoms with Crippen LogP contribution in [-0.4, -0.2) is 9.97 Å². The van der Waals surface area contributed by atoms with Gasteiger partial charge < -0.3 is 0 Å². The van der Waals surface area contributed by atoms with Gasteiger partial charge in [-0.1, -0.05) is 24.3 Å². The topological polar surface area (TPSA) is 25.8 Å². The Balaban J connectivity index is 2.70. The first-order valence-electron chi connectivity index (χ1n) is 5.37. The van der Waals surface area contributed by atoms with E-state index in [2.05, 4.69) is 9.97 Å². The third-order valence-corrected chi connectivity index (χ3v) is 2.28. The minimum Gasteiger partial charge on any atom is -0.245 e. The van der Waals surface area contributed by atoms with Gasteiger partial charge in [-0.15, -0.1) is 0 Å². The molecule has 0 bridgehead atoms. The highest BCUT2D eigenvalue weighted by molar-refractivity contribution is 5.77. The van der Waals surface area contributed by atoms with E-state index >= 15 is 0 Å². The summed E-state index contributed by atoms with van der Waals surface area (Å²) in [5, 5.41) is 0. The average molecular weight is 210 g/mol. The largest absolute Gasteiger partial charge is 0.245 e. The van der Waals surface area contributed by atoms with Gasteiger partial charge in [0.25, 0.3) is 0 Å². The fourth-order valence-corrected chi connectivity index (χ4v) is 1.59. The Morgan fingerprint density at radius 1 is 0.812 bits per heavy atom. The number of para-hydroxylation sites is 2. The SMILES string of the molecule is C/C=C\c1nc2ccccc2nc1/C=C\C. The third-order valence-electron chi connectivity index (χ3n) is 2.28. The maximum absolute atomic E-state index is 4.58. The Hall–Kier alpha value is -1.96. The molecule has 0 aliphatic heterocycles. The van der Waals surface area contributed by atoms with Crippen molar-refractivity contribution in [3.63, 3.8) is 0 Å². The highest BCUT2D eigenvalue weighted by Crippen LogP contribution is 2.15. The van der Waals surface area contributed by atoms with E-state index in [9.17, 15) is 0 Å². The molecule has 0 atom stereocenters. The number of nitrogens with zero attached hydrogens (tertiary/aromatic N) is 2. The second-order valence-corrected chi connectivity index (χ2v) is 3.48. The lowest BCUT2D eigenvalue weighted by molar-refractivity contribution is 1.24. The van der Waals surface area contributed by atoms with Crippen molar-refractivity contribution in [2.75, 3.05) is 0 Å².